The van der Waals surface area contributed by atoms with E-state index in [2.05, 4.69) is 15.5 Å². The van der Waals surface area contributed by atoms with Crippen LogP contribution in [0.15, 0.2) is 22.7 Å². The van der Waals surface area contributed by atoms with Gasteiger partial charge in [0, 0.05) is 18.1 Å². The van der Waals surface area contributed by atoms with Crippen LogP contribution in [0.5, 0.6) is 0 Å². The highest BCUT2D eigenvalue weighted by Gasteiger charge is 2.24. The van der Waals surface area contributed by atoms with Crippen LogP contribution in [0.2, 0.25) is 5.02 Å². The first-order chi connectivity index (χ1) is 14.9. The number of anilines is 2. The lowest BCUT2D eigenvalue weighted by atomic mass is 9.96. The van der Waals surface area contributed by atoms with E-state index >= 15 is 0 Å². The third-order valence-electron chi connectivity index (χ3n) is 5.40. The van der Waals surface area contributed by atoms with E-state index in [0.29, 0.717) is 27.6 Å². The summed E-state index contributed by atoms with van der Waals surface area (Å²) >= 11 is 9.52. The van der Waals surface area contributed by atoms with Crippen LogP contribution in [-0.2, 0) is 10.5 Å². The lowest BCUT2D eigenvalue weighted by Crippen LogP contribution is -2.24. The smallest absolute Gasteiger partial charge is 0.230 e. The van der Waals surface area contributed by atoms with Gasteiger partial charge in [0.1, 0.15) is 0 Å². The Morgan fingerprint density at radius 2 is 2.06 bits per heavy atom. The van der Waals surface area contributed by atoms with Crippen LogP contribution in [0.4, 0.5) is 10.8 Å². The summed E-state index contributed by atoms with van der Waals surface area (Å²) < 4.78 is 1.97. The van der Waals surface area contributed by atoms with Crippen molar-refractivity contribution in [3.63, 3.8) is 0 Å². The highest BCUT2D eigenvalue weighted by atomic mass is 35.5. The van der Waals surface area contributed by atoms with Crippen LogP contribution in [0, 0.1) is 13.8 Å². The Balaban J connectivity index is 1.52. The van der Waals surface area contributed by atoms with Gasteiger partial charge in [-0.25, -0.2) is 9.67 Å². The van der Waals surface area contributed by atoms with Crippen molar-refractivity contribution in [2.45, 2.75) is 69.8 Å². The second-order valence-corrected chi connectivity index (χ2v) is 10.1. The summed E-state index contributed by atoms with van der Waals surface area (Å²) in [6.45, 7) is 5.48. The van der Waals surface area contributed by atoms with Gasteiger partial charge in [0.05, 0.1) is 22.4 Å². The van der Waals surface area contributed by atoms with Crippen molar-refractivity contribution in [3.8, 4) is 0 Å². The Labute approximate surface area is 195 Å². The van der Waals surface area contributed by atoms with E-state index in [1.807, 2.05) is 36.0 Å². The number of carbonyl (C=O) groups excluding carboxylic acids is 1. The monoisotopic (exact) mass is 476 g/mol. The molecule has 164 valence electrons. The molecule has 4 rings (SSSR count). The standard InChI is InChI=1S/C21H25ClN6OS2/c1-13-9-14(2)19(18(22)10-13)27(15(3)29)20-23-16(11-30-20)12-31-21-24-25-26-28(21)17-7-5-4-6-8-17/h9-11,17H,4-8,12H2,1-3H3. The third kappa shape index (κ3) is 4.94. The molecule has 1 fully saturated rings. The molecule has 0 spiro atoms. The second kappa shape index (κ2) is 9.67. The van der Waals surface area contributed by atoms with Crippen molar-refractivity contribution in [1.82, 2.24) is 25.2 Å². The third-order valence-corrected chi connectivity index (χ3v) is 7.53. The summed E-state index contributed by atoms with van der Waals surface area (Å²) in [5.74, 6) is 0.513. The van der Waals surface area contributed by atoms with Crippen LogP contribution < -0.4 is 4.90 Å². The molecule has 1 saturated carbocycles. The zero-order chi connectivity index (χ0) is 22.0. The van der Waals surface area contributed by atoms with Crippen LogP contribution in [0.25, 0.3) is 0 Å². The number of aryl methyl sites for hydroxylation is 2. The Hall–Kier alpha value is -1.97. The lowest BCUT2D eigenvalue weighted by Gasteiger charge is -2.22. The molecule has 2 aromatic heterocycles. The van der Waals surface area contributed by atoms with Gasteiger partial charge < -0.3 is 0 Å². The number of carbonyl (C=O) groups is 1. The minimum atomic E-state index is -0.122. The summed E-state index contributed by atoms with van der Waals surface area (Å²) in [5.41, 5.74) is 3.57. The maximum Gasteiger partial charge on any atom is 0.230 e. The topological polar surface area (TPSA) is 76.8 Å². The molecular weight excluding hydrogens is 452 g/mol. The lowest BCUT2D eigenvalue weighted by molar-refractivity contribution is -0.115. The molecule has 1 aliphatic carbocycles. The first-order valence-corrected chi connectivity index (χ1v) is 12.6. The number of hydrogen-bond acceptors (Lipinski definition) is 7. The van der Waals surface area contributed by atoms with Gasteiger partial charge in [0.25, 0.3) is 0 Å². The second-order valence-electron chi connectivity index (χ2n) is 7.87. The van der Waals surface area contributed by atoms with Crippen molar-refractivity contribution >= 4 is 51.4 Å². The number of thiazole rings is 1. The van der Waals surface area contributed by atoms with Crippen LogP contribution in [0.3, 0.4) is 0 Å². The molecule has 0 radical (unpaired) electrons. The first-order valence-electron chi connectivity index (χ1n) is 10.4. The summed E-state index contributed by atoms with van der Waals surface area (Å²) in [6.07, 6.45) is 6.01. The van der Waals surface area contributed by atoms with Gasteiger partial charge in [0.2, 0.25) is 11.1 Å². The van der Waals surface area contributed by atoms with E-state index in [1.54, 1.807) is 16.7 Å². The molecule has 1 aromatic carbocycles. The van der Waals surface area contributed by atoms with Gasteiger partial charge >= 0.3 is 0 Å². The quantitative estimate of drug-likeness (QED) is 0.413. The average molecular weight is 477 g/mol. The number of thioether (sulfide) groups is 1. The van der Waals surface area contributed by atoms with Crippen molar-refractivity contribution in [3.05, 3.63) is 39.4 Å². The minimum Gasteiger partial charge on any atom is -0.274 e. The van der Waals surface area contributed by atoms with Gasteiger partial charge in [-0.15, -0.1) is 16.4 Å². The summed E-state index contributed by atoms with van der Waals surface area (Å²) in [7, 11) is 0. The SMILES string of the molecule is CC(=O)N(c1nc(CSc2nnnn2C2CCCCC2)cs1)c1c(C)cc(C)cc1Cl. The van der Waals surface area contributed by atoms with Crippen LogP contribution in [-0.4, -0.2) is 31.1 Å². The van der Waals surface area contributed by atoms with E-state index < -0.39 is 0 Å². The van der Waals surface area contributed by atoms with E-state index in [4.69, 9.17) is 16.6 Å². The zero-order valence-electron chi connectivity index (χ0n) is 17.8. The Kier molecular flexibility index (Phi) is 6.93. The van der Waals surface area contributed by atoms with Crippen LogP contribution in [0.1, 0.15) is 61.9 Å². The molecule has 2 heterocycles. The molecule has 31 heavy (non-hydrogen) atoms. The molecule has 0 unspecified atom stereocenters. The number of aromatic nitrogens is 5. The molecule has 0 aliphatic heterocycles. The van der Waals surface area contributed by atoms with Gasteiger partial charge in [-0.3, -0.25) is 9.69 Å². The molecule has 0 saturated heterocycles. The molecule has 1 amide bonds. The largest absolute Gasteiger partial charge is 0.274 e. The zero-order valence-corrected chi connectivity index (χ0v) is 20.2. The molecule has 3 aromatic rings. The molecule has 1 aliphatic rings. The van der Waals surface area contributed by atoms with Crippen molar-refractivity contribution in [1.29, 1.82) is 0 Å². The Morgan fingerprint density at radius 3 is 2.77 bits per heavy atom. The Bertz CT molecular complexity index is 1050. The number of tetrazole rings is 1. The normalized spacial score (nSPS) is 14.7. The maximum atomic E-state index is 12.5. The molecule has 0 bridgehead atoms. The Morgan fingerprint density at radius 1 is 1.29 bits per heavy atom. The van der Waals surface area contributed by atoms with Gasteiger partial charge in [-0.05, 0) is 54.3 Å². The summed E-state index contributed by atoms with van der Waals surface area (Å²) in [5, 5.41) is 16.3. The number of amides is 1. The van der Waals surface area contributed by atoms with Gasteiger partial charge in [-0.1, -0.05) is 48.7 Å². The molecule has 0 N–H and O–H groups in total. The predicted octanol–water partition coefficient (Wildman–Crippen LogP) is 5.88. The maximum absolute atomic E-state index is 12.5. The first kappa shape index (κ1) is 22.2. The molecule has 0 atom stereocenters. The number of nitrogens with zero attached hydrogens (tertiary/aromatic N) is 6. The van der Waals surface area contributed by atoms with Crippen molar-refractivity contribution in [2.75, 3.05) is 4.90 Å². The van der Waals surface area contributed by atoms with Gasteiger partial charge in [0.15, 0.2) is 5.13 Å². The fourth-order valence-electron chi connectivity index (χ4n) is 4.02. The van der Waals surface area contributed by atoms with Crippen LogP contribution >= 0.6 is 34.7 Å². The van der Waals surface area contributed by atoms with E-state index in [0.717, 1.165) is 34.8 Å². The predicted molar refractivity (Wildman–Crippen MR) is 125 cm³/mol. The number of halogens is 1. The molecule has 7 nitrogen and oxygen atoms in total. The van der Waals surface area contributed by atoms with Crippen molar-refractivity contribution < 1.29 is 4.79 Å². The number of hydrogen-bond donors (Lipinski definition) is 0. The van der Waals surface area contributed by atoms with Crippen molar-refractivity contribution in [2.24, 2.45) is 0 Å². The minimum absolute atomic E-state index is 0.122. The molecular formula is C21H25ClN6OS2. The number of rotatable bonds is 6. The fraction of sp³-hybridized carbons (Fsp3) is 0.476. The van der Waals surface area contributed by atoms with E-state index in [-0.39, 0.29) is 5.91 Å². The highest BCUT2D eigenvalue weighted by molar-refractivity contribution is 7.98. The number of benzene rings is 1. The van der Waals surface area contributed by atoms with Gasteiger partial charge in [-0.2, -0.15) is 0 Å². The highest BCUT2D eigenvalue weighted by Crippen LogP contribution is 2.38. The van der Waals surface area contributed by atoms with E-state index in [1.165, 1.54) is 37.5 Å². The fourth-order valence-corrected chi connectivity index (χ4v) is 6.24. The van der Waals surface area contributed by atoms with E-state index in [9.17, 15) is 4.79 Å². The average Bonchev–Trinajstić information content (AvgIpc) is 3.38. The summed E-state index contributed by atoms with van der Waals surface area (Å²) in [6, 6.07) is 4.28. The summed E-state index contributed by atoms with van der Waals surface area (Å²) in [4.78, 5) is 18.8. The molecule has 10 heteroatoms.